The fourth-order valence-electron chi connectivity index (χ4n) is 3.13. The van der Waals surface area contributed by atoms with Gasteiger partial charge >= 0.3 is 0 Å². The van der Waals surface area contributed by atoms with E-state index in [1.165, 1.54) is 0 Å². The largest absolute Gasteiger partial charge is 0.359 e. The van der Waals surface area contributed by atoms with Crippen LogP contribution in [0.3, 0.4) is 0 Å². The Morgan fingerprint density at radius 3 is 2.80 bits per heavy atom. The molecule has 0 bridgehead atoms. The summed E-state index contributed by atoms with van der Waals surface area (Å²) in [4.78, 5) is 36.3. The summed E-state index contributed by atoms with van der Waals surface area (Å²) in [7, 11) is 5.22. The highest BCUT2D eigenvalue weighted by atomic mass is 16.2. The first-order valence-electron chi connectivity index (χ1n) is 8.86. The molecule has 138 valence electrons. The predicted octanol–water partition coefficient (Wildman–Crippen LogP) is 0.731. The van der Waals surface area contributed by atoms with Crippen LogP contribution in [0.2, 0.25) is 0 Å². The molecule has 1 aliphatic heterocycles. The highest BCUT2D eigenvalue weighted by Gasteiger charge is 2.24. The lowest BCUT2D eigenvalue weighted by Gasteiger charge is -2.32. The summed E-state index contributed by atoms with van der Waals surface area (Å²) in [5.74, 6) is 1.20. The minimum Gasteiger partial charge on any atom is -0.359 e. The molecule has 7 nitrogen and oxygen atoms in total. The molecule has 1 saturated heterocycles. The van der Waals surface area contributed by atoms with Crippen LogP contribution >= 0.6 is 0 Å². The van der Waals surface area contributed by atoms with Gasteiger partial charge in [-0.3, -0.25) is 14.5 Å². The lowest BCUT2D eigenvalue weighted by molar-refractivity contribution is -0.130. The normalized spacial score (nSPS) is 18.0. The third-order valence-corrected chi connectivity index (χ3v) is 4.58. The molecular weight excluding hydrogens is 318 g/mol. The van der Waals surface area contributed by atoms with Crippen molar-refractivity contribution in [2.75, 3.05) is 40.8 Å². The van der Waals surface area contributed by atoms with Crippen LogP contribution in [0.15, 0.2) is 6.07 Å². The number of hydrogen-bond donors (Lipinski definition) is 1. The molecule has 1 fully saturated rings. The second-order valence-corrected chi connectivity index (χ2v) is 6.87. The van der Waals surface area contributed by atoms with E-state index in [-0.39, 0.29) is 11.8 Å². The lowest BCUT2D eigenvalue weighted by atomic mass is 9.93. The smallest absolute Gasteiger partial charge is 0.236 e. The molecule has 1 aromatic rings. The maximum atomic E-state index is 12.0. The topological polar surface area (TPSA) is 78.4 Å². The van der Waals surface area contributed by atoms with Crippen molar-refractivity contribution >= 4 is 11.8 Å². The van der Waals surface area contributed by atoms with Gasteiger partial charge in [0.15, 0.2) is 0 Å². The van der Waals surface area contributed by atoms with Gasteiger partial charge < -0.3 is 10.2 Å². The highest BCUT2D eigenvalue weighted by molar-refractivity contribution is 5.77. The van der Waals surface area contributed by atoms with Gasteiger partial charge in [-0.1, -0.05) is 0 Å². The van der Waals surface area contributed by atoms with Gasteiger partial charge in [-0.25, -0.2) is 9.97 Å². The van der Waals surface area contributed by atoms with Gasteiger partial charge in [-0.15, -0.1) is 0 Å². The van der Waals surface area contributed by atoms with E-state index in [2.05, 4.69) is 20.2 Å². The van der Waals surface area contributed by atoms with Gasteiger partial charge in [0.25, 0.3) is 0 Å². The summed E-state index contributed by atoms with van der Waals surface area (Å²) >= 11 is 0. The molecule has 1 N–H and O–H groups in total. The quantitative estimate of drug-likeness (QED) is 0.821. The fraction of sp³-hybridized carbons (Fsp3) is 0.667. The maximum absolute atomic E-state index is 12.0. The summed E-state index contributed by atoms with van der Waals surface area (Å²) in [6.07, 6.45) is 3.17. The number of carbonyl (C=O) groups excluding carboxylic acids is 2. The Morgan fingerprint density at radius 1 is 1.36 bits per heavy atom. The van der Waals surface area contributed by atoms with Crippen molar-refractivity contribution in [1.82, 2.24) is 25.1 Å². The van der Waals surface area contributed by atoms with Crippen molar-refractivity contribution in [3.05, 3.63) is 23.3 Å². The Kier molecular flexibility index (Phi) is 6.87. The Morgan fingerprint density at radius 2 is 2.12 bits per heavy atom. The first kappa shape index (κ1) is 19.3. The monoisotopic (exact) mass is 347 g/mol. The van der Waals surface area contributed by atoms with E-state index in [0.29, 0.717) is 25.3 Å². The number of likely N-dealkylation sites (N-methyl/N-ethyl adjacent to an activating group) is 1. The standard InChI is InChI=1S/C18H29N5O2/c1-13-20-15(7-8-17(24)19-2)10-16(21-13)14-6-5-9-23(11-14)12-18(25)22(3)4/h10,14H,5-9,11-12H2,1-4H3,(H,19,24). The van der Waals surface area contributed by atoms with Gasteiger partial charge in [-0.2, -0.15) is 0 Å². The zero-order valence-corrected chi connectivity index (χ0v) is 15.7. The summed E-state index contributed by atoms with van der Waals surface area (Å²) in [6.45, 7) is 4.13. The molecule has 1 aliphatic rings. The van der Waals surface area contributed by atoms with Crippen molar-refractivity contribution in [3.63, 3.8) is 0 Å². The van der Waals surface area contributed by atoms with E-state index in [1.807, 2.05) is 13.0 Å². The van der Waals surface area contributed by atoms with Gasteiger partial charge in [-0.05, 0) is 38.8 Å². The second-order valence-electron chi connectivity index (χ2n) is 6.87. The Bertz CT molecular complexity index is 617. The van der Waals surface area contributed by atoms with Crippen LogP contribution in [-0.2, 0) is 16.0 Å². The molecule has 1 unspecified atom stereocenters. The Labute approximate surface area is 149 Å². The number of aryl methyl sites for hydroxylation is 2. The molecule has 2 rings (SSSR count). The molecule has 2 amide bonds. The Hall–Kier alpha value is -2.02. The SMILES string of the molecule is CNC(=O)CCc1cc(C2CCCN(CC(=O)N(C)C)C2)nc(C)n1. The zero-order chi connectivity index (χ0) is 18.4. The van der Waals surface area contributed by atoms with Crippen molar-refractivity contribution in [2.24, 2.45) is 0 Å². The molecule has 2 heterocycles. The number of carbonyl (C=O) groups is 2. The van der Waals surface area contributed by atoms with E-state index < -0.39 is 0 Å². The third kappa shape index (κ3) is 5.77. The van der Waals surface area contributed by atoms with Crippen molar-refractivity contribution in [2.45, 2.75) is 38.5 Å². The average molecular weight is 347 g/mol. The number of amides is 2. The number of rotatable bonds is 6. The molecule has 0 aliphatic carbocycles. The molecule has 1 atom stereocenters. The van der Waals surface area contributed by atoms with Crippen molar-refractivity contribution < 1.29 is 9.59 Å². The van der Waals surface area contributed by atoms with Crippen LogP contribution < -0.4 is 5.32 Å². The molecule has 25 heavy (non-hydrogen) atoms. The van der Waals surface area contributed by atoms with Crippen LogP contribution in [0.4, 0.5) is 0 Å². The summed E-state index contributed by atoms with van der Waals surface area (Å²) in [5.41, 5.74) is 1.94. The molecule has 0 aromatic carbocycles. The third-order valence-electron chi connectivity index (χ3n) is 4.58. The van der Waals surface area contributed by atoms with Crippen LogP contribution in [-0.4, -0.2) is 72.4 Å². The number of likely N-dealkylation sites (tertiary alicyclic amines) is 1. The first-order valence-corrected chi connectivity index (χ1v) is 8.86. The van der Waals surface area contributed by atoms with Gasteiger partial charge in [0, 0.05) is 51.4 Å². The Balaban J connectivity index is 2.05. The first-order chi connectivity index (χ1) is 11.9. The minimum absolute atomic E-state index is 0.0175. The average Bonchev–Trinajstić information content (AvgIpc) is 2.59. The molecule has 0 spiro atoms. The number of nitrogens with zero attached hydrogens (tertiary/aromatic N) is 4. The van der Waals surface area contributed by atoms with E-state index in [0.717, 1.165) is 43.1 Å². The van der Waals surface area contributed by atoms with E-state index >= 15 is 0 Å². The number of nitrogens with one attached hydrogen (secondary N) is 1. The molecule has 7 heteroatoms. The molecule has 0 radical (unpaired) electrons. The predicted molar refractivity (Wildman–Crippen MR) is 96.3 cm³/mol. The summed E-state index contributed by atoms with van der Waals surface area (Å²) < 4.78 is 0. The number of piperidine rings is 1. The van der Waals surface area contributed by atoms with Crippen LogP contribution in [0.1, 0.15) is 42.4 Å². The second kappa shape index (κ2) is 8.89. The molecule has 1 aromatic heterocycles. The van der Waals surface area contributed by atoms with Gasteiger partial charge in [0.2, 0.25) is 11.8 Å². The van der Waals surface area contributed by atoms with E-state index in [1.54, 1.807) is 26.0 Å². The van der Waals surface area contributed by atoms with Crippen LogP contribution in [0.5, 0.6) is 0 Å². The maximum Gasteiger partial charge on any atom is 0.236 e. The molecule has 0 saturated carbocycles. The van der Waals surface area contributed by atoms with E-state index in [4.69, 9.17) is 0 Å². The lowest BCUT2D eigenvalue weighted by Crippen LogP contribution is -2.41. The minimum atomic E-state index is 0.0175. The van der Waals surface area contributed by atoms with Crippen molar-refractivity contribution in [1.29, 1.82) is 0 Å². The van der Waals surface area contributed by atoms with E-state index in [9.17, 15) is 9.59 Å². The van der Waals surface area contributed by atoms with Gasteiger partial charge in [0.05, 0.1) is 6.54 Å². The fourth-order valence-corrected chi connectivity index (χ4v) is 3.13. The zero-order valence-electron chi connectivity index (χ0n) is 15.7. The van der Waals surface area contributed by atoms with Crippen LogP contribution in [0, 0.1) is 6.92 Å². The number of aromatic nitrogens is 2. The van der Waals surface area contributed by atoms with Gasteiger partial charge in [0.1, 0.15) is 5.82 Å². The molecular formula is C18H29N5O2. The van der Waals surface area contributed by atoms with Crippen molar-refractivity contribution in [3.8, 4) is 0 Å². The highest BCUT2D eigenvalue weighted by Crippen LogP contribution is 2.26. The summed E-state index contributed by atoms with van der Waals surface area (Å²) in [5, 5.41) is 2.64. The van der Waals surface area contributed by atoms with Crippen LogP contribution in [0.25, 0.3) is 0 Å². The summed E-state index contributed by atoms with van der Waals surface area (Å²) in [6, 6.07) is 2.03. The number of hydrogen-bond acceptors (Lipinski definition) is 5.